The van der Waals surface area contributed by atoms with Gasteiger partial charge in [-0.25, -0.2) is 0 Å². The Labute approximate surface area is 93.3 Å². The summed E-state index contributed by atoms with van der Waals surface area (Å²) in [7, 11) is 0. The van der Waals surface area contributed by atoms with Gasteiger partial charge in [0, 0.05) is 23.2 Å². The maximum Gasteiger partial charge on any atom is 0.0399 e. The largest absolute Gasteiger partial charge is 0.370 e. The van der Waals surface area contributed by atoms with Crippen molar-refractivity contribution in [3.8, 4) is 0 Å². The first-order valence-corrected chi connectivity index (χ1v) is 6.24. The van der Waals surface area contributed by atoms with Gasteiger partial charge in [0.1, 0.15) is 0 Å². The first kappa shape index (κ1) is 9.31. The van der Waals surface area contributed by atoms with E-state index in [4.69, 9.17) is 0 Å². The Bertz CT molecular complexity index is 309. The van der Waals surface area contributed by atoms with E-state index in [1.54, 1.807) is 0 Å². The molecule has 0 radical (unpaired) electrons. The van der Waals surface area contributed by atoms with Crippen LogP contribution in [0.15, 0.2) is 18.2 Å². The van der Waals surface area contributed by atoms with Crippen molar-refractivity contribution in [1.82, 2.24) is 0 Å². The first-order valence-electron chi connectivity index (χ1n) is 4.71. The number of halogens is 1. The van der Waals surface area contributed by atoms with Crippen LogP contribution in [0.4, 0.5) is 5.69 Å². The maximum absolute atomic E-state index is 2.49. The number of nitrogens with zero attached hydrogens (tertiary/aromatic N) is 1. The summed E-state index contributed by atoms with van der Waals surface area (Å²) in [4.78, 5) is 2.49. The lowest BCUT2D eigenvalue weighted by molar-refractivity contribution is 0.879. The zero-order valence-electron chi connectivity index (χ0n) is 7.89. The molecule has 0 saturated heterocycles. The Morgan fingerprint density at radius 2 is 2.31 bits per heavy atom. The van der Waals surface area contributed by atoms with Gasteiger partial charge >= 0.3 is 0 Å². The highest BCUT2D eigenvalue weighted by Crippen LogP contribution is 2.28. The van der Waals surface area contributed by atoms with E-state index in [9.17, 15) is 0 Å². The van der Waals surface area contributed by atoms with Gasteiger partial charge in [-0.15, -0.1) is 0 Å². The number of alkyl halides is 1. The molecule has 1 heterocycles. The van der Waals surface area contributed by atoms with Crippen LogP contribution < -0.4 is 4.90 Å². The molecule has 0 aromatic heterocycles. The van der Waals surface area contributed by atoms with Gasteiger partial charge in [-0.2, -0.15) is 0 Å². The van der Waals surface area contributed by atoms with Crippen molar-refractivity contribution in [2.45, 2.75) is 13.3 Å². The van der Waals surface area contributed by atoms with E-state index >= 15 is 0 Å². The highest BCUT2D eigenvalue weighted by Gasteiger charge is 2.17. The second-order valence-corrected chi connectivity index (χ2v) is 4.64. The van der Waals surface area contributed by atoms with E-state index in [2.05, 4.69) is 52.6 Å². The molecule has 70 valence electrons. The highest BCUT2D eigenvalue weighted by atomic mass is 127. The van der Waals surface area contributed by atoms with Gasteiger partial charge in [0.05, 0.1) is 0 Å². The maximum atomic E-state index is 2.49. The third-order valence-corrected chi connectivity index (χ3v) is 3.06. The fraction of sp³-hybridized carbons (Fsp3) is 0.455. The molecule has 0 amide bonds. The minimum atomic E-state index is 1.19. The van der Waals surface area contributed by atoms with Crippen molar-refractivity contribution in [3.05, 3.63) is 29.3 Å². The van der Waals surface area contributed by atoms with Gasteiger partial charge in [0.15, 0.2) is 0 Å². The smallest absolute Gasteiger partial charge is 0.0399 e. The van der Waals surface area contributed by atoms with Gasteiger partial charge in [0.2, 0.25) is 0 Å². The SMILES string of the molecule is Cc1ccc2c(c1)CCN2CCI. The molecule has 2 heteroatoms. The van der Waals surface area contributed by atoms with Crippen LogP contribution in [0.1, 0.15) is 11.1 Å². The van der Waals surface area contributed by atoms with Gasteiger partial charge in [-0.05, 0) is 25.0 Å². The third kappa shape index (κ3) is 1.82. The summed E-state index contributed by atoms with van der Waals surface area (Å²) in [6, 6.07) is 6.80. The Morgan fingerprint density at radius 3 is 3.08 bits per heavy atom. The van der Waals surface area contributed by atoms with Crippen LogP contribution in [0, 0.1) is 6.92 Å². The molecule has 0 atom stereocenters. The Morgan fingerprint density at radius 1 is 1.46 bits per heavy atom. The van der Waals surface area contributed by atoms with Gasteiger partial charge in [0.25, 0.3) is 0 Å². The molecule has 0 aliphatic carbocycles. The molecule has 1 aromatic carbocycles. The quantitative estimate of drug-likeness (QED) is 0.597. The summed E-state index contributed by atoms with van der Waals surface area (Å²) in [6.45, 7) is 4.57. The standard InChI is InChI=1S/C11H14IN/c1-9-2-3-11-10(8-9)4-6-13(11)7-5-12/h2-3,8H,4-7H2,1H3. The normalized spacial score (nSPS) is 14.8. The fourth-order valence-electron chi connectivity index (χ4n) is 1.93. The summed E-state index contributed by atoms with van der Waals surface area (Å²) in [5.74, 6) is 0. The molecule has 0 saturated carbocycles. The van der Waals surface area contributed by atoms with E-state index < -0.39 is 0 Å². The van der Waals surface area contributed by atoms with Crippen molar-refractivity contribution < 1.29 is 0 Å². The van der Waals surface area contributed by atoms with Crippen molar-refractivity contribution in [3.63, 3.8) is 0 Å². The van der Waals surface area contributed by atoms with Crippen LogP contribution in [0.25, 0.3) is 0 Å². The lowest BCUT2D eigenvalue weighted by atomic mass is 10.1. The van der Waals surface area contributed by atoms with Gasteiger partial charge in [-0.3, -0.25) is 0 Å². The topological polar surface area (TPSA) is 3.24 Å². The molecule has 1 nitrogen and oxygen atoms in total. The molecule has 0 spiro atoms. The molecule has 0 N–H and O–H groups in total. The minimum absolute atomic E-state index is 1.19. The number of fused-ring (bicyclic) bond motifs is 1. The predicted molar refractivity (Wildman–Crippen MR) is 66.0 cm³/mol. The molecular formula is C11H14IN. The molecule has 0 bridgehead atoms. The average Bonchev–Trinajstić information content (AvgIpc) is 2.49. The average molecular weight is 287 g/mol. The van der Waals surface area contributed by atoms with Gasteiger partial charge in [-0.1, -0.05) is 40.3 Å². The number of aryl methyl sites for hydroxylation is 1. The summed E-state index contributed by atoms with van der Waals surface area (Å²) < 4.78 is 1.21. The third-order valence-electron chi connectivity index (χ3n) is 2.58. The second-order valence-electron chi connectivity index (χ2n) is 3.56. The number of hydrogen-bond donors (Lipinski definition) is 0. The van der Waals surface area contributed by atoms with Crippen molar-refractivity contribution >= 4 is 28.3 Å². The lowest BCUT2D eigenvalue weighted by Gasteiger charge is -2.17. The molecule has 2 rings (SSSR count). The molecule has 1 aliphatic heterocycles. The predicted octanol–water partition coefficient (Wildman–Crippen LogP) is 2.79. The van der Waals surface area contributed by atoms with Crippen LogP contribution in [0.5, 0.6) is 0 Å². The van der Waals surface area contributed by atoms with Crippen LogP contribution in [0.3, 0.4) is 0 Å². The van der Waals surface area contributed by atoms with Crippen LogP contribution in [0.2, 0.25) is 0 Å². The summed E-state index contributed by atoms with van der Waals surface area (Å²) in [5, 5.41) is 0. The van der Waals surface area contributed by atoms with E-state index in [0.717, 1.165) is 0 Å². The highest BCUT2D eigenvalue weighted by molar-refractivity contribution is 14.1. The zero-order chi connectivity index (χ0) is 9.26. The molecule has 0 unspecified atom stereocenters. The van der Waals surface area contributed by atoms with Crippen LogP contribution >= 0.6 is 22.6 Å². The minimum Gasteiger partial charge on any atom is -0.370 e. The van der Waals surface area contributed by atoms with Crippen LogP contribution in [-0.2, 0) is 6.42 Å². The summed E-state index contributed by atoms with van der Waals surface area (Å²) >= 11 is 2.44. The van der Waals surface area contributed by atoms with E-state index in [-0.39, 0.29) is 0 Å². The van der Waals surface area contributed by atoms with Crippen molar-refractivity contribution in [1.29, 1.82) is 0 Å². The second kappa shape index (κ2) is 3.86. The molecule has 1 aliphatic rings. The van der Waals surface area contributed by atoms with E-state index in [0.29, 0.717) is 0 Å². The van der Waals surface area contributed by atoms with Crippen molar-refractivity contribution in [2.75, 3.05) is 22.4 Å². The fourth-order valence-corrected chi connectivity index (χ4v) is 2.52. The number of anilines is 1. The van der Waals surface area contributed by atoms with E-state index in [1.165, 1.54) is 40.8 Å². The molecule has 0 fully saturated rings. The zero-order valence-corrected chi connectivity index (χ0v) is 10.0. The van der Waals surface area contributed by atoms with E-state index in [1.807, 2.05) is 0 Å². The summed E-state index contributed by atoms with van der Waals surface area (Å²) in [5.41, 5.74) is 4.38. The first-order chi connectivity index (χ1) is 6.31. The van der Waals surface area contributed by atoms with Gasteiger partial charge < -0.3 is 4.90 Å². The Kier molecular flexibility index (Phi) is 2.77. The monoisotopic (exact) mass is 287 g/mol. The van der Waals surface area contributed by atoms with Crippen LogP contribution in [-0.4, -0.2) is 17.5 Å². The molecular weight excluding hydrogens is 273 g/mol. The number of rotatable bonds is 2. The Balaban J connectivity index is 2.27. The Hall–Kier alpha value is -0.250. The molecule has 1 aromatic rings. The molecule has 13 heavy (non-hydrogen) atoms. The van der Waals surface area contributed by atoms with Crippen molar-refractivity contribution in [2.24, 2.45) is 0 Å². The number of hydrogen-bond acceptors (Lipinski definition) is 1. The number of benzene rings is 1. The summed E-state index contributed by atoms with van der Waals surface area (Å²) in [6.07, 6.45) is 1.23. The lowest BCUT2D eigenvalue weighted by Crippen LogP contribution is -2.22.